The maximum Gasteiger partial charge on any atom is 0.192 e. The van der Waals surface area contributed by atoms with Crippen LogP contribution in [-0.4, -0.2) is 94.1 Å². The molecule has 0 amide bonds. The normalized spacial score (nSPS) is 23.8. The molecule has 4 atom stereocenters. The van der Waals surface area contributed by atoms with E-state index < -0.39 is 33.3 Å². The number of nitrogens with zero attached hydrogens (tertiary/aromatic N) is 1. The lowest BCUT2D eigenvalue weighted by Crippen LogP contribution is -2.55. The molecule has 11 heteroatoms. The van der Waals surface area contributed by atoms with Gasteiger partial charge in [0.25, 0.3) is 0 Å². The number of alkyl halides is 1. The molecule has 344 valence electrons. The largest absolute Gasteiger partial charge is 0.411 e. The van der Waals surface area contributed by atoms with Crippen LogP contribution in [0.2, 0.25) is 72.5 Å². The second-order valence-corrected chi connectivity index (χ2v) is 43.9. The fraction of sp³-hybridized carbons (Fsp3) is 0.875. The Hall–Kier alpha value is 0.138. The van der Waals surface area contributed by atoms with E-state index in [0.717, 1.165) is 45.6 Å². The van der Waals surface area contributed by atoms with Crippen molar-refractivity contribution in [2.45, 2.75) is 224 Å². The molecule has 4 fully saturated rings. The van der Waals surface area contributed by atoms with Gasteiger partial charge < -0.3 is 23.0 Å². The zero-order chi connectivity index (χ0) is 45.3. The summed E-state index contributed by atoms with van der Waals surface area (Å²) in [5, 5.41) is 4.48. The quantitative estimate of drug-likeness (QED) is 0.148. The predicted molar refractivity (Wildman–Crippen MR) is 267 cm³/mol. The van der Waals surface area contributed by atoms with Crippen LogP contribution in [0, 0.1) is 11.8 Å². The lowest BCUT2D eigenvalue weighted by atomic mass is 9.95. The molecule has 1 aromatic carbocycles. The Balaban J connectivity index is 0.000000311. The van der Waals surface area contributed by atoms with Crippen LogP contribution in [0.15, 0.2) is 30.3 Å². The predicted octanol–water partition coefficient (Wildman–Crippen LogP) is 13.8. The van der Waals surface area contributed by atoms with Gasteiger partial charge in [0, 0.05) is 37.9 Å². The van der Waals surface area contributed by atoms with Crippen molar-refractivity contribution < 1.29 is 17.7 Å². The van der Waals surface area contributed by atoms with Gasteiger partial charge in [0.2, 0.25) is 0 Å². The molecule has 5 rings (SSSR count). The lowest BCUT2D eigenvalue weighted by molar-refractivity contribution is -0.0164. The summed E-state index contributed by atoms with van der Waals surface area (Å²) in [5.74, 6) is 1.15. The van der Waals surface area contributed by atoms with Crippen LogP contribution in [0.4, 0.5) is 0 Å². The number of halogens is 1. The average Bonchev–Trinajstić information content (AvgIpc) is 3.90. The summed E-state index contributed by atoms with van der Waals surface area (Å²) in [6, 6.07) is 10.9. The Labute approximate surface area is 375 Å². The summed E-state index contributed by atoms with van der Waals surface area (Å²) in [4.78, 5) is 2.63. The number of hydrogen-bond acceptors (Lipinski definition) is 6. The van der Waals surface area contributed by atoms with Gasteiger partial charge in [0.1, 0.15) is 0 Å². The topological polar surface area (TPSA) is 52.2 Å². The highest BCUT2D eigenvalue weighted by molar-refractivity contribution is 6.75. The van der Waals surface area contributed by atoms with Crippen molar-refractivity contribution in [2.75, 3.05) is 32.6 Å². The van der Waals surface area contributed by atoms with Crippen molar-refractivity contribution in [3.8, 4) is 0 Å². The van der Waals surface area contributed by atoms with Gasteiger partial charge in [-0.1, -0.05) is 113 Å². The molecule has 0 spiro atoms. The summed E-state index contributed by atoms with van der Waals surface area (Å²) < 4.78 is 28.6. The van der Waals surface area contributed by atoms with Gasteiger partial charge in [-0.25, -0.2) is 0 Å². The molecule has 1 N–H and O–H groups in total. The molecule has 0 bridgehead atoms. The van der Waals surface area contributed by atoms with Gasteiger partial charge in [0.05, 0.1) is 23.4 Å². The average molecular weight is 912 g/mol. The van der Waals surface area contributed by atoms with E-state index in [2.05, 4.69) is 188 Å². The van der Waals surface area contributed by atoms with Crippen LogP contribution in [0.25, 0.3) is 0 Å². The van der Waals surface area contributed by atoms with Gasteiger partial charge in [-0.3, -0.25) is 4.90 Å². The SMILES string of the molecule is CC(C)(C)[Si](C)(C)OC(C1CCN(Cc2ccccc2)C1)C1(O[Si](C)(C)C(C)(C)C)CC1.CC(C)(C)[Si](C)(C)OC(C1CCNC1)C1(O[Si](C)(C)C(C)(C)C)CC1.CCl. The molecule has 6 nitrogen and oxygen atoms in total. The highest BCUT2D eigenvalue weighted by Gasteiger charge is 2.62. The molecule has 4 unspecified atom stereocenters. The van der Waals surface area contributed by atoms with Crippen LogP contribution >= 0.6 is 11.6 Å². The van der Waals surface area contributed by atoms with Crippen LogP contribution < -0.4 is 5.32 Å². The summed E-state index contributed by atoms with van der Waals surface area (Å²) in [5.41, 5.74) is 1.33. The summed E-state index contributed by atoms with van der Waals surface area (Å²) in [6.45, 7) is 53.0. The molecule has 2 aliphatic carbocycles. The Morgan fingerprint density at radius 2 is 1.00 bits per heavy atom. The Morgan fingerprint density at radius 3 is 1.34 bits per heavy atom. The van der Waals surface area contributed by atoms with Crippen molar-refractivity contribution >= 4 is 44.9 Å². The minimum Gasteiger partial charge on any atom is -0.411 e. The van der Waals surface area contributed by atoms with E-state index in [0.29, 0.717) is 11.8 Å². The molecule has 59 heavy (non-hydrogen) atoms. The van der Waals surface area contributed by atoms with E-state index in [-0.39, 0.29) is 43.6 Å². The third kappa shape index (κ3) is 13.6. The Bertz CT molecular complexity index is 1450. The molecule has 2 heterocycles. The van der Waals surface area contributed by atoms with Crippen LogP contribution in [0.1, 0.15) is 127 Å². The third-order valence-corrected chi connectivity index (χ3v) is 34.0. The summed E-state index contributed by atoms with van der Waals surface area (Å²) in [7, 11) is -7.39. The molecule has 2 saturated heterocycles. The molecule has 2 aliphatic heterocycles. The lowest BCUT2D eigenvalue weighted by Gasteiger charge is -2.47. The first-order valence-corrected chi connectivity index (χ1v) is 35.7. The third-order valence-electron chi connectivity index (χ3n) is 16.0. The van der Waals surface area contributed by atoms with E-state index in [1.165, 1.54) is 37.6 Å². The van der Waals surface area contributed by atoms with Crippen molar-refractivity contribution in [1.82, 2.24) is 10.2 Å². The Kier molecular flexibility index (Phi) is 17.5. The minimum atomic E-state index is -1.91. The first kappa shape index (κ1) is 53.5. The van der Waals surface area contributed by atoms with Gasteiger partial charge in [0.15, 0.2) is 33.3 Å². The molecular formula is C48H95ClN2O4Si4. The van der Waals surface area contributed by atoms with Gasteiger partial charge in [-0.05, 0) is 130 Å². The monoisotopic (exact) mass is 911 g/mol. The van der Waals surface area contributed by atoms with Crippen molar-refractivity contribution in [3.05, 3.63) is 35.9 Å². The van der Waals surface area contributed by atoms with E-state index in [9.17, 15) is 0 Å². The van der Waals surface area contributed by atoms with E-state index in [1.807, 2.05) is 0 Å². The van der Waals surface area contributed by atoms with Crippen LogP contribution in [-0.2, 0) is 24.2 Å². The summed E-state index contributed by atoms with van der Waals surface area (Å²) >= 11 is 4.64. The van der Waals surface area contributed by atoms with E-state index in [1.54, 1.807) is 0 Å². The second-order valence-electron chi connectivity index (χ2n) is 25.0. The van der Waals surface area contributed by atoms with Crippen LogP contribution in [0.3, 0.4) is 0 Å². The number of hydrogen-bond donors (Lipinski definition) is 1. The highest BCUT2D eigenvalue weighted by Crippen LogP contribution is 2.56. The van der Waals surface area contributed by atoms with Crippen molar-refractivity contribution in [1.29, 1.82) is 0 Å². The molecule has 4 aliphatic rings. The van der Waals surface area contributed by atoms with Crippen LogP contribution in [0.5, 0.6) is 0 Å². The van der Waals surface area contributed by atoms with E-state index >= 15 is 0 Å². The van der Waals surface area contributed by atoms with E-state index in [4.69, 9.17) is 17.7 Å². The number of likely N-dealkylation sites (tertiary alicyclic amines) is 1. The maximum atomic E-state index is 7.28. The van der Waals surface area contributed by atoms with Gasteiger partial charge >= 0.3 is 0 Å². The number of nitrogens with one attached hydrogen (secondary N) is 1. The van der Waals surface area contributed by atoms with Crippen molar-refractivity contribution in [2.24, 2.45) is 11.8 Å². The molecule has 1 aromatic rings. The standard InChI is InChI=1S/C27H49NO2Si2.C20H43NO2Si2.CH3Cl/c1-25(2,3)31(7,8)29-24(27(17-18-27)30-32(9,10)26(4,5)6)23-16-19-28(21-23)20-22-14-12-11-13-15-22;1-18(2,3)24(7,8)22-17(16-11-14-21-15-16)20(12-13-20)23-25(9,10)19(4,5)6;1-2/h11-15,23-24H,16-21H2,1-10H3;16-17,21H,11-15H2,1-10H3;1H3. The first-order chi connectivity index (χ1) is 26.7. The number of rotatable bonds is 14. The molecular weight excluding hydrogens is 816 g/mol. The molecule has 2 saturated carbocycles. The summed E-state index contributed by atoms with van der Waals surface area (Å²) in [6.07, 6.45) is 9.07. The molecule has 0 radical (unpaired) electrons. The fourth-order valence-corrected chi connectivity index (χ4v) is 13.8. The minimum absolute atomic E-state index is 0.0186. The van der Waals surface area contributed by atoms with Gasteiger partial charge in [-0.2, -0.15) is 0 Å². The maximum absolute atomic E-state index is 7.28. The first-order valence-electron chi connectivity index (χ1n) is 23.3. The zero-order valence-corrected chi connectivity index (χ0v) is 47.2. The fourth-order valence-electron chi connectivity index (χ4n) is 7.74. The smallest absolute Gasteiger partial charge is 0.192 e. The van der Waals surface area contributed by atoms with Gasteiger partial charge in [-0.15, -0.1) is 11.6 Å². The highest BCUT2D eigenvalue weighted by atomic mass is 35.5. The number of benzene rings is 1. The van der Waals surface area contributed by atoms with Crippen molar-refractivity contribution in [3.63, 3.8) is 0 Å². The Morgan fingerprint density at radius 1 is 0.610 bits per heavy atom. The second kappa shape index (κ2) is 19.3. The molecule has 0 aromatic heterocycles. The zero-order valence-electron chi connectivity index (χ0n) is 42.4.